The second-order valence-electron chi connectivity index (χ2n) is 4.43. The Hall–Kier alpha value is -1.10. The molecule has 16 heavy (non-hydrogen) atoms. The van der Waals surface area contributed by atoms with Crippen molar-refractivity contribution in [2.75, 3.05) is 13.1 Å². The molecule has 5 heteroatoms. The number of nitrogens with two attached hydrogens (primary N) is 1. The number of hydrogen-bond acceptors (Lipinski definition) is 3. The lowest BCUT2D eigenvalue weighted by molar-refractivity contribution is -0.144. The van der Waals surface area contributed by atoms with Gasteiger partial charge in [0.25, 0.3) is 0 Å². The molecule has 3 N–H and O–H groups in total. The maximum Gasteiger partial charge on any atom is 0.320 e. The molecule has 0 heterocycles. The Morgan fingerprint density at radius 2 is 1.94 bits per heavy atom. The average molecular weight is 230 g/mol. The Morgan fingerprint density at radius 1 is 1.38 bits per heavy atom. The maximum atomic E-state index is 11.1. The Labute approximate surface area is 96.6 Å². The molecule has 0 aliphatic heterocycles. The van der Waals surface area contributed by atoms with Crippen LogP contribution in [0, 0.1) is 5.92 Å². The highest BCUT2D eigenvalue weighted by Crippen LogP contribution is 2.10. The van der Waals surface area contributed by atoms with Crippen LogP contribution >= 0.6 is 0 Å². The Morgan fingerprint density at radius 3 is 2.25 bits per heavy atom. The van der Waals surface area contributed by atoms with Crippen molar-refractivity contribution < 1.29 is 14.7 Å². The summed E-state index contributed by atoms with van der Waals surface area (Å²) in [5, 5.41) is 9.11. The SMILES string of the molecule is CCCC(C(=O)O)N(CC(N)=O)CC(C)C. The van der Waals surface area contributed by atoms with Crippen molar-refractivity contribution in [3.63, 3.8) is 0 Å². The van der Waals surface area contributed by atoms with Crippen molar-refractivity contribution in [2.24, 2.45) is 11.7 Å². The Bertz CT molecular complexity index is 241. The van der Waals surface area contributed by atoms with Gasteiger partial charge in [0.1, 0.15) is 6.04 Å². The number of nitrogens with zero attached hydrogens (tertiary/aromatic N) is 1. The van der Waals surface area contributed by atoms with Crippen LogP contribution in [0.2, 0.25) is 0 Å². The van der Waals surface area contributed by atoms with Crippen LogP contribution in [0.5, 0.6) is 0 Å². The van der Waals surface area contributed by atoms with Crippen molar-refractivity contribution in [1.29, 1.82) is 0 Å². The Kier molecular flexibility index (Phi) is 6.72. The molecule has 1 atom stereocenters. The number of carbonyl (C=O) groups excluding carboxylic acids is 1. The van der Waals surface area contributed by atoms with Gasteiger partial charge in [0.05, 0.1) is 6.54 Å². The van der Waals surface area contributed by atoms with Crippen LogP contribution in [0.15, 0.2) is 0 Å². The minimum atomic E-state index is -0.885. The van der Waals surface area contributed by atoms with Gasteiger partial charge in [0, 0.05) is 6.54 Å². The molecule has 5 nitrogen and oxygen atoms in total. The molecule has 0 aromatic rings. The normalized spacial score (nSPS) is 13.1. The molecule has 0 aromatic carbocycles. The van der Waals surface area contributed by atoms with E-state index >= 15 is 0 Å². The van der Waals surface area contributed by atoms with E-state index in [1.54, 1.807) is 4.90 Å². The molecule has 0 spiro atoms. The van der Waals surface area contributed by atoms with Gasteiger partial charge in [-0.15, -0.1) is 0 Å². The van der Waals surface area contributed by atoms with E-state index in [-0.39, 0.29) is 6.54 Å². The minimum Gasteiger partial charge on any atom is -0.480 e. The number of rotatable bonds is 8. The minimum absolute atomic E-state index is 0.00907. The highest BCUT2D eigenvalue weighted by Gasteiger charge is 2.26. The molecule has 0 radical (unpaired) electrons. The van der Waals surface area contributed by atoms with Crippen LogP contribution in [0.1, 0.15) is 33.6 Å². The van der Waals surface area contributed by atoms with E-state index in [4.69, 9.17) is 10.8 Å². The van der Waals surface area contributed by atoms with Gasteiger partial charge >= 0.3 is 5.97 Å². The van der Waals surface area contributed by atoms with Crippen molar-refractivity contribution in [3.05, 3.63) is 0 Å². The molecule has 0 aromatic heterocycles. The molecule has 0 rings (SSSR count). The maximum absolute atomic E-state index is 11.1. The third-order valence-corrected chi connectivity index (χ3v) is 2.25. The second kappa shape index (κ2) is 7.22. The fourth-order valence-corrected chi connectivity index (χ4v) is 1.71. The number of aliphatic carboxylic acids is 1. The van der Waals surface area contributed by atoms with Crippen molar-refractivity contribution in [2.45, 2.75) is 39.7 Å². The smallest absolute Gasteiger partial charge is 0.320 e. The quantitative estimate of drug-likeness (QED) is 0.642. The van der Waals surface area contributed by atoms with Crippen molar-refractivity contribution in [3.8, 4) is 0 Å². The first kappa shape index (κ1) is 14.9. The third kappa shape index (κ3) is 5.70. The number of amides is 1. The van der Waals surface area contributed by atoms with E-state index in [0.717, 1.165) is 6.42 Å². The highest BCUT2D eigenvalue weighted by molar-refractivity contribution is 5.78. The van der Waals surface area contributed by atoms with E-state index in [2.05, 4.69) is 0 Å². The summed E-state index contributed by atoms with van der Waals surface area (Å²) in [4.78, 5) is 23.7. The standard InChI is InChI=1S/C11H22N2O3/c1-4-5-9(11(15)16)13(6-8(2)3)7-10(12)14/h8-9H,4-7H2,1-3H3,(H2,12,14)(H,15,16). The van der Waals surface area contributed by atoms with Crippen LogP contribution < -0.4 is 5.73 Å². The van der Waals surface area contributed by atoms with Crippen LogP contribution in [0.3, 0.4) is 0 Å². The summed E-state index contributed by atoms with van der Waals surface area (Å²) >= 11 is 0. The summed E-state index contributed by atoms with van der Waals surface area (Å²) in [6.45, 7) is 6.47. The van der Waals surface area contributed by atoms with Crippen LogP contribution in [0.25, 0.3) is 0 Å². The number of carboxylic acids is 1. The molecule has 0 saturated carbocycles. The van der Waals surface area contributed by atoms with Crippen LogP contribution in [-0.4, -0.2) is 41.0 Å². The number of carbonyl (C=O) groups is 2. The molecular weight excluding hydrogens is 208 g/mol. The van der Waals surface area contributed by atoms with E-state index in [9.17, 15) is 9.59 Å². The van der Waals surface area contributed by atoms with E-state index in [1.165, 1.54) is 0 Å². The lowest BCUT2D eigenvalue weighted by Gasteiger charge is -2.28. The number of primary amides is 1. The number of carboxylic acid groups (broad SMARTS) is 1. The van der Waals surface area contributed by atoms with Gasteiger partial charge < -0.3 is 10.8 Å². The van der Waals surface area contributed by atoms with Gasteiger partial charge in [-0.05, 0) is 12.3 Å². The molecule has 94 valence electrons. The summed E-state index contributed by atoms with van der Waals surface area (Å²) in [7, 11) is 0. The molecule has 0 aliphatic carbocycles. The summed E-state index contributed by atoms with van der Waals surface area (Å²) in [6.07, 6.45) is 1.31. The first-order valence-corrected chi connectivity index (χ1v) is 5.63. The van der Waals surface area contributed by atoms with Crippen LogP contribution in [-0.2, 0) is 9.59 Å². The van der Waals surface area contributed by atoms with Gasteiger partial charge in [-0.3, -0.25) is 14.5 Å². The summed E-state index contributed by atoms with van der Waals surface area (Å²) in [5.41, 5.74) is 5.13. The molecular formula is C11H22N2O3. The van der Waals surface area contributed by atoms with E-state index in [1.807, 2.05) is 20.8 Å². The molecule has 0 bridgehead atoms. The zero-order valence-electron chi connectivity index (χ0n) is 10.3. The van der Waals surface area contributed by atoms with E-state index in [0.29, 0.717) is 18.9 Å². The lowest BCUT2D eigenvalue weighted by atomic mass is 10.1. The molecule has 0 aliphatic rings. The summed E-state index contributed by atoms with van der Waals surface area (Å²) < 4.78 is 0. The van der Waals surface area contributed by atoms with Gasteiger partial charge in [-0.2, -0.15) is 0 Å². The van der Waals surface area contributed by atoms with Crippen molar-refractivity contribution >= 4 is 11.9 Å². The lowest BCUT2D eigenvalue weighted by Crippen LogP contribution is -2.47. The van der Waals surface area contributed by atoms with Crippen LogP contribution in [0.4, 0.5) is 0 Å². The molecule has 1 unspecified atom stereocenters. The van der Waals surface area contributed by atoms with Crippen molar-refractivity contribution in [1.82, 2.24) is 4.90 Å². The zero-order valence-corrected chi connectivity index (χ0v) is 10.3. The average Bonchev–Trinajstić information content (AvgIpc) is 2.10. The third-order valence-electron chi connectivity index (χ3n) is 2.25. The fourth-order valence-electron chi connectivity index (χ4n) is 1.71. The molecule has 1 amide bonds. The van der Waals surface area contributed by atoms with Gasteiger partial charge in [-0.1, -0.05) is 27.2 Å². The summed E-state index contributed by atoms with van der Waals surface area (Å²) in [5.74, 6) is -1.06. The fraction of sp³-hybridized carbons (Fsp3) is 0.818. The summed E-state index contributed by atoms with van der Waals surface area (Å²) in [6, 6.07) is -0.611. The first-order valence-electron chi connectivity index (χ1n) is 5.63. The van der Waals surface area contributed by atoms with Gasteiger partial charge in [-0.25, -0.2) is 0 Å². The zero-order chi connectivity index (χ0) is 12.7. The van der Waals surface area contributed by atoms with Gasteiger partial charge in [0.15, 0.2) is 0 Å². The highest BCUT2D eigenvalue weighted by atomic mass is 16.4. The monoisotopic (exact) mass is 230 g/mol. The number of hydrogen-bond donors (Lipinski definition) is 2. The topological polar surface area (TPSA) is 83.6 Å². The predicted octanol–water partition coefficient (Wildman–Crippen LogP) is 0.683. The second-order valence-corrected chi connectivity index (χ2v) is 4.43. The Balaban J connectivity index is 4.65. The predicted molar refractivity (Wildman–Crippen MR) is 61.9 cm³/mol. The molecule has 0 saturated heterocycles. The van der Waals surface area contributed by atoms with E-state index < -0.39 is 17.9 Å². The largest absolute Gasteiger partial charge is 0.480 e. The molecule has 0 fully saturated rings. The first-order chi connectivity index (χ1) is 7.38. The van der Waals surface area contributed by atoms with Gasteiger partial charge in [0.2, 0.25) is 5.91 Å².